The molecule has 2 heterocycles. The van der Waals surface area contributed by atoms with Gasteiger partial charge in [0.25, 0.3) is 0 Å². The molecule has 0 aliphatic carbocycles. The van der Waals surface area contributed by atoms with Gasteiger partial charge in [-0.2, -0.15) is 0 Å². The number of nitrogens with zero attached hydrogens (tertiary/aromatic N) is 4. The molecule has 0 saturated carbocycles. The molecule has 7 heteroatoms. The number of rotatable bonds is 6. The minimum absolute atomic E-state index is 0.337. The van der Waals surface area contributed by atoms with Gasteiger partial charge in [0.2, 0.25) is 0 Å². The van der Waals surface area contributed by atoms with E-state index in [-0.39, 0.29) is 5.82 Å². The molecule has 0 radical (unpaired) electrons. The summed E-state index contributed by atoms with van der Waals surface area (Å²) in [6.45, 7) is 8.54. The first-order valence-corrected chi connectivity index (χ1v) is 10.6. The molecule has 0 amide bonds. The first-order valence-electron chi connectivity index (χ1n) is 10.6. The first kappa shape index (κ1) is 26.2. The lowest BCUT2D eigenvalue weighted by molar-refractivity contribution is 0.211. The number of methoxy groups -OCH3 is 1. The number of ether oxygens (including phenoxy) is 1. The normalized spacial score (nSPS) is 9.97. The van der Waals surface area contributed by atoms with Crippen molar-refractivity contribution in [2.24, 2.45) is 4.99 Å². The molecule has 4 aromatic rings. The van der Waals surface area contributed by atoms with E-state index in [0.717, 1.165) is 28.1 Å². The maximum absolute atomic E-state index is 14.4. The minimum atomic E-state index is -0.337. The van der Waals surface area contributed by atoms with Crippen molar-refractivity contribution in [3.63, 3.8) is 0 Å². The Morgan fingerprint density at radius 2 is 1.82 bits per heavy atom. The van der Waals surface area contributed by atoms with Crippen LogP contribution >= 0.6 is 0 Å². The number of hydrogen-bond acceptors (Lipinski definition) is 5. The van der Waals surface area contributed by atoms with Crippen molar-refractivity contribution in [2.45, 2.75) is 13.8 Å². The summed E-state index contributed by atoms with van der Waals surface area (Å²) in [5.41, 5.74) is 4.36. The van der Waals surface area contributed by atoms with E-state index in [4.69, 9.17) is 9.72 Å². The average Bonchev–Trinajstić information content (AvgIpc) is 3.18. The Labute approximate surface area is 200 Å². The van der Waals surface area contributed by atoms with E-state index in [2.05, 4.69) is 41.8 Å². The number of terminal acetylenes is 1. The number of benzene rings is 2. The molecule has 0 spiro atoms. The fraction of sp³-hybridized carbons (Fsp3) is 0.222. The number of fused-ring (bicyclic) bond motifs is 1. The predicted molar refractivity (Wildman–Crippen MR) is 139 cm³/mol. The van der Waals surface area contributed by atoms with Gasteiger partial charge in [-0.05, 0) is 62.5 Å². The molecule has 0 saturated heterocycles. The molecule has 34 heavy (non-hydrogen) atoms. The molecule has 2 aromatic heterocycles. The van der Waals surface area contributed by atoms with Gasteiger partial charge >= 0.3 is 0 Å². The topological polar surface area (TPSA) is 64.3 Å². The Morgan fingerprint density at radius 3 is 2.44 bits per heavy atom. The summed E-state index contributed by atoms with van der Waals surface area (Å²) in [6.07, 6.45) is 9.99. The highest BCUT2D eigenvalue weighted by molar-refractivity contribution is 5.90. The highest BCUT2D eigenvalue weighted by Crippen LogP contribution is 2.29. The number of hydrogen-bond donors (Lipinski definition) is 1. The van der Waals surface area contributed by atoms with Gasteiger partial charge in [0, 0.05) is 43.7 Å². The summed E-state index contributed by atoms with van der Waals surface area (Å²) in [4.78, 5) is 12.7. The lowest BCUT2D eigenvalue weighted by Crippen LogP contribution is -2.08. The summed E-state index contributed by atoms with van der Waals surface area (Å²) in [7, 11) is 3.31. The average molecular weight is 460 g/mol. The van der Waals surface area contributed by atoms with Crippen molar-refractivity contribution in [2.75, 3.05) is 32.6 Å². The van der Waals surface area contributed by atoms with E-state index in [1.807, 2.05) is 42.0 Å². The van der Waals surface area contributed by atoms with Crippen molar-refractivity contribution < 1.29 is 9.13 Å². The molecule has 6 nitrogen and oxygen atoms in total. The minimum Gasteiger partial charge on any atom is -0.383 e. The zero-order valence-electron chi connectivity index (χ0n) is 20.0. The van der Waals surface area contributed by atoms with Gasteiger partial charge in [-0.25, -0.2) is 14.4 Å². The van der Waals surface area contributed by atoms with Crippen LogP contribution in [-0.4, -0.2) is 48.6 Å². The number of halogens is 1. The number of aryl methyl sites for hydroxylation is 1. The standard InChI is InChI=1S/C23H23FN4O.C2H5N.C2H2/c1-15-10-12-28(16(15)2)23-19-14-17(25-11-13-29-3)8-9-21(19)26-22(27-23)18-6-4-5-7-20(18)24;1-3-2;1-2/h4-10,12,14,25H,11,13H2,1-3H3;1H2,2H3;1-2H. The number of aliphatic imine (C=N–C) groups is 1. The van der Waals surface area contributed by atoms with Gasteiger partial charge < -0.3 is 19.6 Å². The second-order valence-electron chi connectivity index (χ2n) is 7.27. The van der Waals surface area contributed by atoms with Gasteiger partial charge in [-0.15, -0.1) is 12.8 Å². The van der Waals surface area contributed by atoms with Crippen molar-refractivity contribution in [3.05, 3.63) is 71.8 Å². The third-order valence-corrected chi connectivity index (χ3v) is 5.06. The van der Waals surface area contributed by atoms with E-state index in [1.165, 1.54) is 11.6 Å². The SMILES string of the molecule is C#C.C=NC.COCCNc1ccc2nc(-c3ccccc3F)nc(-n3ccc(C)c3C)c2c1. The summed E-state index contributed by atoms with van der Waals surface area (Å²) < 4.78 is 21.6. The zero-order chi connectivity index (χ0) is 25.1. The molecule has 0 fully saturated rings. The van der Waals surface area contributed by atoms with Crippen LogP contribution in [0.1, 0.15) is 11.3 Å². The van der Waals surface area contributed by atoms with Gasteiger partial charge in [0.15, 0.2) is 5.82 Å². The summed E-state index contributed by atoms with van der Waals surface area (Å²) in [6, 6.07) is 14.6. The maximum Gasteiger partial charge on any atom is 0.165 e. The van der Waals surface area contributed by atoms with Crippen molar-refractivity contribution in [1.29, 1.82) is 0 Å². The Morgan fingerprint density at radius 1 is 1.12 bits per heavy atom. The predicted octanol–water partition coefficient (Wildman–Crippen LogP) is 5.47. The van der Waals surface area contributed by atoms with E-state index in [1.54, 1.807) is 32.4 Å². The van der Waals surface area contributed by atoms with Crippen LogP contribution < -0.4 is 5.32 Å². The monoisotopic (exact) mass is 459 g/mol. The molecule has 176 valence electrons. The van der Waals surface area contributed by atoms with Gasteiger partial charge in [0.1, 0.15) is 11.6 Å². The second-order valence-corrected chi connectivity index (χ2v) is 7.27. The highest BCUT2D eigenvalue weighted by atomic mass is 19.1. The van der Waals surface area contributed by atoms with Gasteiger partial charge in [0.05, 0.1) is 17.7 Å². The fourth-order valence-corrected chi connectivity index (χ4v) is 3.30. The third-order valence-electron chi connectivity index (χ3n) is 5.06. The lowest BCUT2D eigenvalue weighted by Gasteiger charge is -2.14. The molecule has 0 atom stereocenters. The van der Waals surface area contributed by atoms with Crippen molar-refractivity contribution >= 4 is 23.3 Å². The Bertz CT molecular complexity index is 1260. The van der Waals surface area contributed by atoms with Crippen LogP contribution in [0.25, 0.3) is 28.1 Å². The second kappa shape index (κ2) is 12.9. The van der Waals surface area contributed by atoms with Crippen LogP contribution in [-0.2, 0) is 4.74 Å². The van der Waals surface area contributed by atoms with E-state index < -0.39 is 0 Å². The molecule has 0 unspecified atom stereocenters. The largest absolute Gasteiger partial charge is 0.383 e. The van der Waals surface area contributed by atoms with E-state index in [9.17, 15) is 4.39 Å². The third kappa shape index (κ3) is 6.06. The number of nitrogens with one attached hydrogen (secondary N) is 1. The summed E-state index contributed by atoms with van der Waals surface area (Å²) >= 11 is 0. The zero-order valence-corrected chi connectivity index (χ0v) is 20.0. The first-order chi connectivity index (χ1) is 16.5. The smallest absolute Gasteiger partial charge is 0.165 e. The van der Waals surface area contributed by atoms with Crippen LogP contribution in [0.15, 0.2) is 59.7 Å². The Hall–Kier alpha value is -4.02. The van der Waals surface area contributed by atoms with Crippen LogP contribution in [0.4, 0.5) is 10.1 Å². The molecule has 4 rings (SSSR count). The van der Waals surface area contributed by atoms with E-state index >= 15 is 0 Å². The van der Waals surface area contributed by atoms with Gasteiger partial charge in [-0.1, -0.05) is 12.1 Å². The number of anilines is 1. The number of aromatic nitrogens is 3. The van der Waals surface area contributed by atoms with Crippen LogP contribution in [0.5, 0.6) is 0 Å². The summed E-state index contributed by atoms with van der Waals surface area (Å²) in [5.74, 6) is 0.766. The molecular formula is C27H30FN5O. The summed E-state index contributed by atoms with van der Waals surface area (Å²) in [5, 5.41) is 4.24. The van der Waals surface area contributed by atoms with Crippen LogP contribution in [0.2, 0.25) is 0 Å². The fourth-order valence-electron chi connectivity index (χ4n) is 3.30. The lowest BCUT2D eigenvalue weighted by atomic mass is 10.1. The molecule has 2 aromatic carbocycles. The van der Waals surface area contributed by atoms with Gasteiger partial charge in [-0.3, -0.25) is 0 Å². The molecule has 1 N–H and O–H groups in total. The van der Waals surface area contributed by atoms with E-state index in [0.29, 0.717) is 24.5 Å². The van der Waals surface area contributed by atoms with Crippen LogP contribution in [0.3, 0.4) is 0 Å². The Kier molecular flexibility index (Phi) is 9.93. The van der Waals surface area contributed by atoms with Crippen molar-refractivity contribution in [1.82, 2.24) is 14.5 Å². The molecule has 0 bridgehead atoms. The maximum atomic E-state index is 14.4. The quantitative estimate of drug-likeness (QED) is 0.236. The Balaban J connectivity index is 0.000000758. The molecular weight excluding hydrogens is 429 g/mol. The molecule has 0 aliphatic heterocycles. The van der Waals surface area contributed by atoms with Crippen molar-refractivity contribution in [3.8, 4) is 30.1 Å². The van der Waals surface area contributed by atoms with Crippen LogP contribution in [0, 0.1) is 32.5 Å². The molecule has 0 aliphatic rings. The highest BCUT2D eigenvalue weighted by Gasteiger charge is 2.15.